The summed E-state index contributed by atoms with van der Waals surface area (Å²) in [5.74, 6) is -0.0804. The van der Waals surface area contributed by atoms with Gasteiger partial charge in [0.15, 0.2) is 5.78 Å². The monoisotopic (exact) mass is 316 g/mol. The molecule has 0 fully saturated rings. The fourth-order valence-electron chi connectivity index (χ4n) is 1.99. The molecule has 0 radical (unpaired) electrons. The molecule has 0 spiro atoms. The number of hydrogen-bond acceptors (Lipinski definition) is 3. The van der Waals surface area contributed by atoms with Crippen LogP contribution in [-0.4, -0.2) is 15.2 Å². The average Bonchev–Trinajstić information content (AvgIpc) is 2.39. The van der Waals surface area contributed by atoms with Gasteiger partial charge in [-0.25, -0.2) is 4.98 Å². The van der Waals surface area contributed by atoms with E-state index in [9.17, 15) is 9.59 Å². The fraction of sp³-hybridized carbons (Fsp3) is 0.0714. The summed E-state index contributed by atoms with van der Waals surface area (Å²) < 4.78 is 2.23. The van der Waals surface area contributed by atoms with Crippen LogP contribution in [0.4, 0.5) is 0 Å². The highest BCUT2D eigenvalue weighted by atomic mass is 79.9. The molecule has 0 amide bonds. The van der Waals surface area contributed by atoms with Gasteiger partial charge in [-0.15, -0.1) is 0 Å². The Bertz CT molecular complexity index is 884. The van der Waals surface area contributed by atoms with Gasteiger partial charge >= 0.3 is 0 Å². The van der Waals surface area contributed by atoms with Gasteiger partial charge in [-0.2, -0.15) is 0 Å². The van der Waals surface area contributed by atoms with E-state index in [1.807, 2.05) is 6.07 Å². The number of ketones is 1. The first-order valence-electron chi connectivity index (χ1n) is 5.69. The molecule has 0 aliphatic rings. The average molecular weight is 317 g/mol. The van der Waals surface area contributed by atoms with Crippen molar-refractivity contribution in [2.45, 2.75) is 6.92 Å². The van der Waals surface area contributed by atoms with E-state index in [-0.39, 0.29) is 11.3 Å². The summed E-state index contributed by atoms with van der Waals surface area (Å²) in [5, 5.41) is 0.521. The van der Waals surface area contributed by atoms with Crippen LogP contribution in [0.25, 0.3) is 16.6 Å². The van der Waals surface area contributed by atoms with Gasteiger partial charge in [0.2, 0.25) is 0 Å². The predicted octanol–water partition coefficient (Wildman–Crippen LogP) is 2.81. The zero-order valence-electron chi connectivity index (χ0n) is 10.1. The Hall–Kier alpha value is -2.01. The first-order chi connectivity index (χ1) is 9.06. The summed E-state index contributed by atoms with van der Waals surface area (Å²) in [6.07, 6.45) is 1.54. The van der Waals surface area contributed by atoms with E-state index in [1.54, 1.807) is 24.3 Å². The zero-order valence-corrected chi connectivity index (χ0v) is 11.6. The highest BCUT2D eigenvalue weighted by molar-refractivity contribution is 9.10. The van der Waals surface area contributed by atoms with E-state index in [0.717, 1.165) is 4.47 Å². The second kappa shape index (κ2) is 4.28. The van der Waals surface area contributed by atoms with Crippen LogP contribution in [0, 0.1) is 0 Å². The molecule has 0 saturated carbocycles. The quantitative estimate of drug-likeness (QED) is 0.512. The second-order valence-electron chi connectivity index (χ2n) is 4.28. The number of carbonyl (C=O) groups excluding carboxylic acids is 1. The molecular formula is C14H9BrN2O2. The fourth-order valence-corrected chi connectivity index (χ4v) is 2.35. The minimum atomic E-state index is -0.176. The maximum atomic E-state index is 12.4. The van der Waals surface area contributed by atoms with E-state index in [2.05, 4.69) is 20.9 Å². The summed E-state index contributed by atoms with van der Waals surface area (Å²) in [5.41, 5.74) is 1.49. The van der Waals surface area contributed by atoms with Crippen LogP contribution in [-0.2, 0) is 0 Å². The number of aromatic nitrogens is 2. The maximum Gasteiger partial charge on any atom is 0.265 e. The molecule has 0 atom stereocenters. The van der Waals surface area contributed by atoms with E-state index in [1.165, 1.54) is 17.5 Å². The Labute approximate surface area is 116 Å². The topological polar surface area (TPSA) is 51.4 Å². The molecule has 4 nitrogen and oxygen atoms in total. The number of benzene rings is 1. The van der Waals surface area contributed by atoms with Gasteiger partial charge in [0, 0.05) is 16.2 Å². The lowest BCUT2D eigenvalue weighted by Gasteiger charge is -2.05. The van der Waals surface area contributed by atoms with Crippen LogP contribution in [0.15, 0.2) is 45.8 Å². The minimum Gasteiger partial charge on any atom is -0.294 e. The number of pyridine rings is 1. The van der Waals surface area contributed by atoms with Gasteiger partial charge < -0.3 is 0 Å². The Morgan fingerprint density at radius 2 is 2.05 bits per heavy atom. The Balaban J connectivity index is 2.48. The molecule has 5 heteroatoms. The Morgan fingerprint density at radius 1 is 1.26 bits per heavy atom. The predicted molar refractivity (Wildman–Crippen MR) is 76.7 cm³/mol. The van der Waals surface area contributed by atoms with Crippen molar-refractivity contribution in [1.82, 2.24) is 9.38 Å². The van der Waals surface area contributed by atoms with Crippen molar-refractivity contribution >= 4 is 38.3 Å². The highest BCUT2D eigenvalue weighted by Gasteiger charge is 2.07. The summed E-state index contributed by atoms with van der Waals surface area (Å²) in [4.78, 5) is 28.2. The third-order valence-corrected chi connectivity index (χ3v) is 3.47. The van der Waals surface area contributed by atoms with E-state index in [4.69, 9.17) is 0 Å². The highest BCUT2D eigenvalue weighted by Crippen LogP contribution is 2.16. The molecule has 2 aromatic heterocycles. The second-order valence-corrected chi connectivity index (χ2v) is 5.20. The van der Waals surface area contributed by atoms with Crippen molar-refractivity contribution < 1.29 is 4.79 Å². The van der Waals surface area contributed by atoms with Gasteiger partial charge in [-0.3, -0.25) is 14.0 Å². The summed E-state index contributed by atoms with van der Waals surface area (Å²) in [6.45, 7) is 1.47. The Morgan fingerprint density at radius 3 is 2.79 bits per heavy atom. The lowest BCUT2D eigenvalue weighted by Crippen LogP contribution is -2.16. The number of carbonyl (C=O) groups is 1. The standard InChI is InChI=1S/C14H9BrN2O2/c1-8(18)9-2-5-13-16-12-4-3-10(15)6-11(12)14(19)17(13)7-9/h2-7H,1H3. The van der Waals surface area contributed by atoms with Crippen LogP contribution < -0.4 is 5.56 Å². The van der Waals surface area contributed by atoms with E-state index in [0.29, 0.717) is 22.1 Å². The van der Waals surface area contributed by atoms with Crippen molar-refractivity contribution in [1.29, 1.82) is 0 Å². The first-order valence-corrected chi connectivity index (χ1v) is 6.48. The largest absolute Gasteiger partial charge is 0.294 e. The number of nitrogens with zero attached hydrogens (tertiary/aromatic N) is 2. The number of fused-ring (bicyclic) bond motifs is 2. The van der Waals surface area contributed by atoms with Crippen LogP contribution >= 0.6 is 15.9 Å². The molecule has 0 aliphatic heterocycles. The lowest BCUT2D eigenvalue weighted by atomic mass is 10.2. The van der Waals surface area contributed by atoms with Gasteiger partial charge in [0.1, 0.15) is 5.65 Å². The number of Topliss-reactive ketones (excluding diaryl/α,β-unsaturated/α-hetero) is 1. The van der Waals surface area contributed by atoms with Crippen molar-refractivity contribution in [2.75, 3.05) is 0 Å². The van der Waals surface area contributed by atoms with Crippen LogP contribution in [0.5, 0.6) is 0 Å². The Kier molecular flexibility index (Phi) is 2.71. The summed E-state index contributed by atoms with van der Waals surface area (Å²) in [6, 6.07) is 8.72. The molecule has 0 unspecified atom stereocenters. The molecule has 0 aliphatic carbocycles. The minimum absolute atomic E-state index is 0.0804. The van der Waals surface area contributed by atoms with Crippen LogP contribution in [0.1, 0.15) is 17.3 Å². The number of halogens is 1. The van der Waals surface area contributed by atoms with Gasteiger partial charge in [0.25, 0.3) is 5.56 Å². The molecule has 3 rings (SSSR count). The lowest BCUT2D eigenvalue weighted by molar-refractivity contribution is 0.101. The molecular weight excluding hydrogens is 308 g/mol. The molecule has 94 valence electrons. The van der Waals surface area contributed by atoms with Crippen molar-refractivity contribution in [3.63, 3.8) is 0 Å². The molecule has 0 saturated heterocycles. The van der Waals surface area contributed by atoms with Crippen molar-refractivity contribution in [3.05, 3.63) is 56.9 Å². The van der Waals surface area contributed by atoms with E-state index < -0.39 is 0 Å². The molecule has 0 N–H and O–H groups in total. The normalized spacial score (nSPS) is 11.1. The van der Waals surface area contributed by atoms with Crippen LogP contribution in [0.3, 0.4) is 0 Å². The van der Waals surface area contributed by atoms with Gasteiger partial charge in [-0.05, 0) is 37.3 Å². The molecule has 3 aromatic rings. The molecule has 1 aromatic carbocycles. The molecule has 0 bridgehead atoms. The zero-order chi connectivity index (χ0) is 13.6. The smallest absolute Gasteiger partial charge is 0.265 e. The first kappa shape index (κ1) is 12.0. The summed E-state index contributed by atoms with van der Waals surface area (Å²) >= 11 is 3.34. The van der Waals surface area contributed by atoms with Crippen LogP contribution in [0.2, 0.25) is 0 Å². The molecule has 2 heterocycles. The van der Waals surface area contributed by atoms with E-state index >= 15 is 0 Å². The third-order valence-electron chi connectivity index (χ3n) is 2.98. The number of rotatable bonds is 1. The molecule has 19 heavy (non-hydrogen) atoms. The van der Waals surface area contributed by atoms with Gasteiger partial charge in [0.05, 0.1) is 10.9 Å². The summed E-state index contributed by atoms with van der Waals surface area (Å²) in [7, 11) is 0. The number of hydrogen-bond donors (Lipinski definition) is 0. The maximum absolute atomic E-state index is 12.4. The van der Waals surface area contributed by atoms with Gasteiger partial charge in [-0.1, -0.05) is 15.9 Å². The van der Waals surface area contributed by atoms with Crippen molar-refractivity contribution in [3.8, 4) is 0 Å². The SMILES string of the molecule is CC(=O)c1ccc2nc3ccc(Br)cc3c(=O)n2c1. The van der Waals surface area contributed by atoms with Crippen molar-refractivity contribution in [2.24, 2.45) is 0 Å². The third kappa shape index (κ3) is 1.96.